The number of aromatic nitrogens is 1. The topological polar surface area (TPSA) is 113 Å². The number of oxime groups is 1. The summed E-state index contributed by atoms with van der Waals surface area (Å²) in [5, 5.41) is 19.3. The molecule has 1 heterocycles. The van der Waals surface area contributed by atoms with Crippen LogP contribution in [0.3, 0.4) is 0 Å². The number of esters is 1. The second kappa shape index (κ2) is 11.2. The fourth-order valence-electron chi connectivity index (χ4n) is 9.16. The fourth-order valence-corrected chi connectivity index (χ4v) is 9.16. The normalized spacial score (nSPS) is 34.7. The van der Waals surface area contributed by atoms with E-state index in [9.17, 15) is 14.7 Å². The first kappa shape index (κ1) is 29.5. The van der Waals surface area contributed by atoms with Gasteiger partial charge in [-0.25, -0.2) is 4.79 Å². The Bertz CT molecular complexity index is 1520. The summed E-state index contributed by atoms with van der Waals surface area (Å²) < 4.78 is 4.95. The van der Waals surface area contributed by atoms with Crippen molar-refractivity contribution in [2.75, 3.05) is 13.7 Å². The van der Waals surface area contributed by atoms with Gasteiger partial charge < -0.3 is 25.0 Å². The summed E-state index contributed by atoms with van der Waals surface area (Å²) in [7, 11) is 1.31. The maximum absolute atomic E-state index is 12.8. The van der Waals surface area contributed by atoms with E-state index in [0.717, 1.165) is 67.1 Å². The number of para-hydroxylation sites is 1. The number of carbonyl (C=O) groups excluding carboxylic acids is 2. The molecule has 3 N–H and O–H groups in total. The maximum Gasteiger partial charge on any atom is 0.328 e. The highest BCUT2D eigenvalue weighted by Crippen LogP contribution is 2.67. The van der Waals surface area contributed by atoms with Gasteiger partial charge in [-0.05, 0) is 92.2 Å². The number of methoxy groups -OCH3 is 1. The second-order valence-electron chi connectivity index (χ2n) is 13.6. The summed E-state index contributed by atoms with van der Waals surface area (Å²) in [6.45, 7) is 4.35. The number of H-pyrrole nitrogens is 1. The molecule has 4 aliphatic rings. The van der Waals surface area contributed by atoms with Crippen LogP contribution in [0.1, 0.15) is 70.8 Å². The van der Waals surface area contributed by atoms with Crippen LogP contribution < -0.4 is 5.32 Å². The van der Waals surface area contributed by atoms with Crippen LogP contribution in [0.15, 0.2) is 47.3 Å². The highest BCUT2D eigenvalue weighted by molar-refractivity contribution is 5.96. The molecule has 8 nitrogen and oxygen atoms in total. The molecule has 8 heteroatoms. The van der Waals surface area contributed by atoms with Crippen LogP contribution in [0.5, 0.6) is 0 Å². The molecule has 6 rings (SSSR count). The molecule has 0 radical (unpaired) electrons. The Balaban J connectivity index is 1.08. The molecular weight excluding hydrogens is 542 g/mol. The molecule has 1 amide bonds. The third-order valence-electron chi connectivity index (χ3n) is 11.7. The minimum absolute atomic E-state index is 0.105. The lowest BCUT2D eigenvalue weighted by molar-refractivity contribution is -0.145. The molecule has 2 aromatic rings. The Morgan fingerprint density at radius 3 is 2.74 bits per heavy atom. The summed E-state index contributed by atoms with van der Waals surface area (Å²) in [6, 6.07) is 6.98. The molecule has 3 fully saturated rings. The van der Waals surface area contributed by atoms with Gasteiger partial charge in [-0.2, -0.15) is 0 Å². The lowest BCUT2D eigenvalue weighted by Crippen LogP contribution is -2.54. The highest BCUT2D eigenvalue weighted by Gasteiger charge is 2.63. The molecular formula is C35H43N3O5. The number of nitrogens with zero attached hydrogens (tertiary/aromatic N) is 1. The van der Waals surface area contributed by atoms with Crippen molar-refractivity contribution in [2.45, 2.75) is 83.3 Å². The van der Waals surface area contributed by atoms with Gasteiger partial charge in [-0.3, -0.25) is 4.79 Å². The number of carbonyl (C=O) groups is 2. The monoisotopic (exact) mass is 585 g/mol. The Kier molecular flexibility index (Phi) is 7.66. The molecule has 0 bridgehead atoms. The van der Waals surface area contributed by atoms with E-state index in [1.165, 1.54) is 12.7 Å². The SMILES string of the molecule is C#C[C@]1(O)CC[C@@H]2[C@H]3CCC4=C/C(=N\OCC(=O)N[C@H](Cc5c[nH]c6ccccc56)C(=O)OC)CC[C@]4(C)[C@@H]3CC[C@@]21C. The number of hydrogen-bond donors (Lipinski definition) is 3. The Labute approximate surface area is 253 Å². The number of fused-ring (bicyclic) bond motifs is 6. The number of hydrogen-bond acceptors (Lipinski definition) is 6. The van der Waals surface area contributed by atoms with Crippen LogP contribution in [0.4, 0.5) is 0 Å². The van der Waals surface area contributed by atoms with Gasteiger partial charge in [-0.15, -0.1) is 6.42 Å². The van der Waals surface area contributed by atoms with Gasteiger partial charge >= 0.3 is 5.97 Å². The van der Waals surface area contributed by atoms with Gasteiger partial charge in [0.05, 0.1) is 12.8 Å². The van der Waals surface area contributed by atoms with Gasteiger partial charge in [0.2, 0.25) is 0 Å². The van der Waals surface area contributed by atoms with Crippen LogP contribution in [0.2, 0.25) is 0 Å². The van der Waals surface area contributed by atoms with Crippen LogP contribution in [-0.4, -0.2) is 53.0 Å². The van der Waals surface area contributed by atoms with Crippen molar-refractivity contribution in [1.82, 2.24) is 10.3 Å². The number of amides is 1. The molecule has 0 aliphatic heterocycles. The number of aliphatic hydroxyl groups is 1. The number of nitrogens with one attached hydrogen (secondary N) is 2. The smallest absolute Gasteiger partial charge is 0.328 e. The molecule has 7 atom stereocenters. The van der Waals surface area contributed by atoms with Gasteiger partial charge in [0.1, 0.15) is 11.6 Å². The predicted octanol–water partition coefficient (Wildman–Crippen LogP) is 5.07. The van der Waals surface area contributed by atoms with Crippen molar-refractivity contribution < 1.29 is 24.3 Å². The Hall–Kier alpha value is -3.57. The minimum Gasteiger partial charge on any atom is -0.467 e. The van der Waals surface area contributed by atoms with Gasteiger partial charge in [0.15, 0.2) is 6.61 Å². The van der Waals surface area contributed by atoms with Crippen LogP contribution in [-0.2, 0) is 25.6 Å². The van der Waals surface area contributed by atoms with Crippen molar-refractivity contribution in [3.8, 4) is 12.3 Å². The summed E-state index contributed by atoms with van der Waals surface area (Å²) >= 11 is 0. The summed E-state index contributed by atoms with van der Waals surface area (Å²) in [4.78, 5) is 33.9. The van der Waals surface area contributed by atoms with Gasteiger partial charge in [0, 0.05) is 28.9 Å². The third-order valence-corrected chi connectivity index (χ3v) is 11.7. The minimum atomic E-state index is -0.983. The summed E-state index contributed by atoms with van der Waals surface area (Å²) in [5.41, 5.74) is 3.08. The summed E-state index contributed by atoms with van der Waals surface area (Å²) in [6.07, 6.45) is 17.8. The predicted molar refractivity (Wildman–Crippen MR) is 165 cm³/mol. The van der Waals surface area contributed by atoms with E-state index in [-0.39, 0.29) is 17.4 Å². The highest BCUT2D eigenvalue weighted by atomic mass is 16.6. The molecule has 1 aromatic heterocycles. The molecule has 43 heavy (non-hydrogen) atoms. The average molecular weight is 586 g/mol. The number of benzene rings is 1. The number of ether oxygens (including phenoxy) is 1. The van der Waals surface area contributed by atoms with Gasteiger partial charge in [0.25, 0.3) is 5.91 Å². The molecule has 0 spiro atoms. The zero-order valence-corrected chi connectivity index (χ0v) is 25.4. The van der Waals surface area contributed by atoms with Crippen molar-refractivity contribution >= 4 is 28.5 Å². The van der Waals surface area contributed by atoms with Crippen LogP contribution >= 0.6 is 0 Å². The van der Waals surface area contributed by atoms with E-state index < -0.39 is 23.5 Å². The van der Waals surface area contributed by atoms with Crippen LogP contribution in [0.25, 0.3) is 10.9 Å². The van der Waals surface area contributed by atoms with Crippen molar-refractivity contribution in [1.29, 1.82) is 0 Å². The van der Waals surface area contributed by atoms with Gasteiger partial charge in [-0.1, -0.05) is 48.7 Å². The molecule has 0 saturated heterocycles. The van der Waals surface area contributed by atoms with Crippen LogP contribution in [0, 0.1) is 40.9 Å². The lowest BCUT2D eigenvalue weighted by atomic mass is 9.46. The first-order valence-corrected chi connectivity index (χ1v) is 15.6. The molecule has 4 aliphatic carbocycles. The van der Waals surface area contributed by atoms with E-state index in [1.807, 2.05) is 30.5 Å². The average Bonchev–Trinajstić information content (AvgIpc) is 3.54. The fraction of sp³-hybridized carbons (Fsp3) is 0.571. The Morgan fingerprint density at radius 1 is 1.16 bits per heavy atom. The van der Waals surface area contributed by atoms with E-state index >= 15 is 0 Å². The largest absolute Gasteiger partial charge is 0.467 e. The first-order chi connectivity index (χ1) is 20.6. The first-order valence-electron chi connectivity index (χ1n) is 15.6. The zero-order chi connectivity index (χ0) is 30.4. The number of allylic oxidation sites excluding steroid dienone is 2. The molecule has 1 aromatic carbocycles. The molecule has 0 unspecified atom stereocenters. The zero-order valence-electron chi connectivity index (χ0n) is 25.4. The molecule has 228 valence electrons. The quantitative estimate of drug-likeness (QED) is 0.239. The standard InChI is InChI=1S/C35H43N3O5/c1-5-35(41)17-14-28-26-11-10-23-19-24(12-15-33(23,2)27(26)13-16-34(28,35)3)38-43-21-31(39)37-30(32(40)42-4)18-22-20-36-29-9-7-6-8-25(22)29/h1,6-9,19-20,26-28,30,36,41H,10-18,21H2,2-4H3,(H,37,39)/b38-24-/t26-,27+,28+,30+,33-,34-,35-/m0/s1. The molecule has 3 saturated carbocycles. The van der Waals surface area contributed by atoms with E-state index in [1.54, 1.807) is 0 Å². The Morgan fingerprint density at radius 2 is 1.95 bits per heavy atom. The van der Waals surface area contributed by atoms with Crippen molar-refractivity contribution in [3.63, 3.8) is 0 Å². The lowest BCUT2D eigenvalue weighted by Gasteiger charge is -2.58. The van der Waals surface area contributed by atoms with E-state index in [2.05, 4.69) is 41.3 Å². The maximum atomic E-state index is 12.8. The number of aromatic amines is 1. The second-order valence-corrected chi connectivity index (χ2v) is 13.6. The van der Waals surface area contributed by atoms with E-state index in [4.69, 9.17) is 16.0 Å². The number of rotatable bonds is 7. The summed E-state index contributed by atoms with van der Waals surface area (Å²) in [5.74, 6) is 3.45. The van der Waals surface area contributed by atoms with Crippen molar-refractivity contribution in [2.24, 2.45) is 33.7 Å². The van der Waals surface area contributed by atoms with Crippen molar-refractivity contribution in [3.05, 3.63) is 47.7 Å². The third kappa shape index (κ3) is 4.96. The number of terminal acetylenes is 1. The van der Waals surface area contributed by atoms with E-state index in [0.29, 0.717) is 30.6 Å².